The van der Waals surface area contributed by atoms with Crippen LogP contribution in [0.5, 0.6) is 0 Å². The quantitative estimate of drug-likeness (QED) is 0.229. The molecule has 5 nitrogen and oxygen atoms in total. The SMILES string of the molecule is Cc1ccc(NN=C(N=Nc2ccccc2N)c2ccccc2)cc1. The van der Waals surface area contributed by atoms with Crippen LogP contribution in [0, 0.1) is 6.92 Å². The molecule has 0 saturated carbocycles. The number of anilines is 2. The summed E-state index contributed by atoms with van der Waals surface area (Å²) in [6.45, 7) is 2.04. The fraction of sp³-hybridized carbons (Fsp3) is 0.0500. The molecule has 0 aliphatic rings. The van der Waals surface area contributed by atoms with Crippen LogP contribution in [-0.2, 0) is 0 Å². The maximum absolute atomic E-state index is 5.92. The van der Waals surface area contributed by atoms with Crippen molar-refractivity contribution in [1.82, 2.24) is 0 Å². The van der Waals surface area contributed by atoms with E-state index in [1.807, 2.05) is 79.7 Å². The van der Waals surface area contributed by atoms with Gasteiger partial charge in [-0.25, -0.2) is 0 Å². The smallest absolute Gasteiger partial charge is 0.201 e. The molecule has 124 valence electrons. The Bertz CT molecular complexity index is 883. The van der Waals surface area contributed by atoms with Crippen molar-refractivity contribution >= 4 is 22.9 Å². The maximum Gasteiger partial charge on any atom is 0.201 e. The fourth-order valence-electron chi connectivity index (χ4n) is 2.16. The van der Waals surface area contributed by atoms with Crippen LogP contribution >= 0.6 is 0 Å². The number of azo groups is 1. The summed E-state index contributed by atoms with van der Waals surface area (Å²) in [5.41, 5.74) is 13.1. The van der Waals surface area contributed by atoms with Crippen molar-refractivity contribution in [2.24, 2.45) is 15.3 Å². The summed E-state index contributed by atoms with van der Waals surface area (Å²) < 4.78 is 0. The molecule has 0 bridgehead atoms. The Morgan fingerprint density at radius 1 is 0.840 bits per heavy atom. The number of aryl methyl sites for hydroxylation is 1. The van der Waals surface area contributed by atoms with Gasteiger partial charge in [0, 0.05) is 5.56 Å². The third-order valence-corrected chi connectivity index (χ3v) is 3.56. The van der Waals surface area contributed by atoms with E-state index in [1.165, 1.54) is 5.56 Å². The van der Waals surface area contributed by atoms with Gasteiger partial charge in [0.2, 0.25) is 5.84 Å². The number of nitrogen functional groups attached to an aromatic ring is 1. The van der Waals surface area contributed by atoms with Crippen LogP contribution in [0.1, 0.15) is 11.1 Å². The number of nitrogens with zero attached hydrogens (tertiary/aromatic N) is 3. The van der Waals surface area contributed by atoms with Crippen molar-refractivity contribution in [3.63, 3.8) is 0 Å². The third kappa shape index (κ3) is 4.51. The minimum atomic E-state index is 0.476. The Morgan fingerprint density at radius 2 is 1.52 bits per heavy atom. The molecule has 3 rings (SSSR count). The van der Waals surface area contributed by atoms with Crippen molar-refractivity contribution in [2.75, 3.05) is 11.2 Å². The summed E-state index contributed by atoms with van der Waals surface area (Å²) in [7, 11) is 0. The predicted molar refractivity (Wildman–Crippen MR) is 103 cm³/mol. The van der Waals surface area contributed by atoms with E-state index >= 15 is 0 Å². The van der Waals surface area contributed by atoms with E-state index in [-0.39, 0.29) is 0 Å². The lowest BCUT2D eigenvalue weighted by atomic mass is 10.2. The van der Waals surface area contributed by atoms with Gasteiger partial charge in [-0.05, 0) is 31.2 Å². The monoisotopic (exact) mass is 329 g/mol. The van der Waals surface area contributed by atoms with Crippen LogP contribution in [0.15, 0.2) is 94.2 Å². The van der Waals surface area contributed by atoms with Crippen LogP contribution < -0.4 is 11.2 Å². The average Bonchev–Trinajstić information content (AvgIpc) is 2.65. The van der Waals surface area contributed by atoms with Crippen molar-refractivity contribution in [1.29, 1.82) is 0 Å². The molecule has 3 N–H and O–H groups in total. The molecule has 0 unspecified atom stereocenters. The molecule has 3 aromatic carbocycles. The number of nitrogens with one attached hydrogen (secondary N) is 1. The number of hydrogen-bond acceptors (Lipinski definition) is 4. The van der Waals surface area contributed by atoms with Crippen molar-refractivity contribution in [3.05, 3.63) is 90.0 Å². The molecule has 0 aliphatic heterocycles. The summed E-state index contributed by atoms with van der Waals surface area (Å²) >= 11 is 0. The lowest BCUT2D eigenvalue weighted by Gasteiger charge is -2.04. The number of para-hydroxylation sites is 1. The standard InChI is InChI=1S/C20H19N5/c1-15-11-13-17(14-12-15)22-24-20(16-7-3-2-4-8-16)25-23-19-10-6-5-9-18(19)21/h2-14,22H,21H2,1H3. The molecular formula is C20H19N5. The van der Waals surface area contributed by atoms with E-state index in [1.54, 1.807) is 6.07 Å². The number of amidine groups is 1. The Morgan fingerprint density at radius 3 is 2.24 bits per heavy atom. The number of rotatable bonds is 4. The van der Waals surface area contributed by atoms with Crippen LogP contribution in [0.2, 0.25) is 0 Å². The third-order valence-electron chi connectivity index (χ3n) is 3.56. The highest BCUT2D eigenvalue weighted by Gasteiger charge is 2.03. The molecule has 0 aliphatic carbocycles. The van der Waals surface area contributed by atoms with E-state index in [9.17, 15) is 0 Å². The van der Waals surface area contributed by atoms with Crippen LogP contribution in [0.25, 0.3) is 0 Å². The number of benzene rings is 3. The zero-order valence-electron chi connectivity index (χ0n) is 13.9. The second kappa shape index (κ2) is 7.88. The molecule has 0 saturated heterocycles. The van der Waals surface area contributed by atoms with Crippen LogP contribution in [0.4, 0.5) is 17.1 Å². The first-order chi connectivity index (χ1) is 12.2. The summed E-state index contributed by atoms with van der Waals surface area (Å²) in [6.07, 6.45) is 0. The molecule has 0 fully saturated rings. The largest absolute Gasteiger partial charge is 0.397 e. The molecule has 3 aromatic rings. The number of hydrogen-bond donors (Lipinski definition) is 2. The highest BCUT2D eigenvalue weighted by Crippen LogP contribution is 2.21. The maximum atomic E-state index is 5.92. The summed E-state index contributed by atoms with van der Waals surface area (Å²) in [4.78, 5) is 0. The van der Waals surface area contributed by atoms with Gasteiger partial charge in [-0.1, -0.05) is 60.2 Å². The zero-order chi connectivity index (χ0) is 17.5. The average molecular weight is 329 g/mol. The second-order valence-electron chi connectivity index (χ2n) is 5.54. The van der Waals surface area contributed by atoms with E-state index in [2.05, 4.69) is 20.8 Å². The first kappa shape index (κ1) is 16.4. The molecule has 0 spiro atoms. The molecule has 0 aromatic heterocycles. The lowest BCUT2D eigenvalue weighted by Crippen LogP contribution is -2.01. The molecule has 5 heteroatoms. The molecule has 0 amide bonds. The Kier molecular flexibility index (Phi) is 5.16. The van der Waals surface area contributed by atoms with Crippen LogP contribution in [0.3, 0.4) is 0 Å². The number of nitrogens with two attached hydrogens (primary N) is 1. The molecular weight excluding hydrogens is 310 g/mol. The summed E-state index contributed by atoms with van der Waals surface area (Å²) in [6, 6.07) is 25.0. The van der Waals surface area contributed by atoms with E-state index < -0.39 is 0 Å². The Labute approximate surface area is 146 Å². The number of hydrazone groups is 1. The molecule has 0 atom stereocenters. The molecule has 0 radical (unpaired) electrons. The first-order valence-corrected chi connectivity index (χ1v) is 7.94. The normalized spacial score (nSPS) is 11.6. The van der Waals surface area contributed by atoms with E-state index in [0.717, 1.165) is 11.3 Å². The van der Waals surface area contributed by atoms with E-state index in [4.69, 9.17) is 5.73 Å². The second-order valence-corrected chi connectivity index (χ2v) is 5.54. The minimum Gasteiger partial charge on any atom is -0.397 e. The summed E-state index contributed by atoms with van der Waals surface area (Å²) in [5, 5.41) is 12.9. The Hall–Kier alpha value is -3.47. The van der Waals surface area contributed by atoms with Gasteiger partial charge in [0.15, 0.2) is 0 Å². The van der Waals surface area contributed by atoms with Crippen molar-refractivity contribution < 1.29 is 0 Å². The first-order valence-electron chi connectivity index (χ1n) is 7.94. The van der Waals surface area contributed by atoms with Gasteiger partial charge < -0.3 is 5.73 Å². The van der Waals surface area contributed by atoms with Gasteiger partial charge in [-0.15, -0.1) is 10.2 Å². The highest BCUT2D eigenvalue weighted by atomic mass is 15.3. The van der Waals surface area contributed by atoms with Gasteiger partial charge in [-0.2, -0.15) is 5.10 Å². The molecule has 0 heterocycles. The van der Waals surface area contributed by atoms with E-state index in [0.29, 0.717) is 17.2 Å². The van der Waals surface area contributed by atoms with Gasteiger partial charge in [0.1, 0.15) is 5.69 Å². The topological polar surface area (TPSA) is 75.1 Å². The van der Waals surface area contributed by atoms with Gasteiger partial charge in [0.05, 0.1) is 11.4 Å². The summed E-state index contributed by atoms with van der Waals surface area (Å²) in [5.74, 6) is 0.476. The van der Waals surface area contributed by atoms with Gasteiger partial charge in [0.25, 0.3) is 0 Å². The zero-order valence-corrected chi connectivity index (χ0v) is 13.9. The Balaban J connectivity index is 1.89. The predicted octanol–water partition coefficient (Wildman–Crippen LogP) is 5.13. The van der Waals surface area contributed by atoms with Crippen LogP contribution in [-0.4, -0.2) is 5.84 Å². The molecule has 25 heavy (non-hydrogen) atoms. The lowest BCUT2D eigenvalue weighted by molar-refractivity contribution is 1.22. The minimum absolute atomic E-state index is 0.476. The fourth-order valence-corrected chi connectivity index (χ4v) is 2.16. The van der Waals surface area contributed by atoms with Crippen molar-refractivity contribution in [3.8, 4) is 0 Å². The van der Waals surface area contributed by atoms with Crippen molar-refractivity contribution in [2.45, 2.75) is 6.92 Å². The highest BCUT2D eigenvalue weighted by molar-refractivity contribution is 5.99. The van der Waals surface area contributed by atoms with Gasteiger partial charge >= 0.3 is 0 Å². The van der Waals surface area contributed by atoms with Gasteiger partial charge in [-0.3, -0.25) is 5.43 Å².